The number of nitrogens with one attached hydrogen (secondary N) is 1. The van der Waals surface area contributed by atoms with E-state index < -0.39 is 17.4 Å². The number of thioether (sulfide) groups is 1. The number of carbonyl (C=O) groups is 3. The van der Waals surface area contributed by atoms with Gasteiger partial charge in [0.2, 0.25) is 11.8 Å². The zero-order valence-electron chi connectivity index (χ0n) is 29.8. The average molecular weight is 754 g/mol. The Hall–Kier alpha value is -4.96. The van der Waals surface area contributed by atoms with Gasteiger partial charge in [0.05, 0.1) is 22.9 Å². The van der Waals surface area contributed by atoms with Crippen LogP contribution in [0.1, 0.15) is 77.0 Å². The van der Waals surface area contributed by atoms with Crippen LogP contribution in [-0.4, -0.2) is 64.7 Å². The van der Waals surface area contributed by atoms with E-state index in [0.717, 1.165) is 46.5 Å². The summed E-state index contributed by atoms with van der Waals surface area (Å²) in [4.78, 5) is 47.0. The number of piperidine rings is 1. The number of halogens is 1. The van der Waals surface area contributed by atoms with Crippen LogP contribution < -0.4 is 14.8 Å². The van der Waals surface area contributed by atoms with Crippen LogP contribution in [0.2, 0.25) is 5.02 Å². The molecule has 13 heteroatoms. The van der Waals surface area contributed by atoms with Crippen LogP contribution in [-0.2, 0) is 39.3 Å². The van der Waals surface area contributed by atoms with Crippen LogP contribution in [0.15, 0.2) is 72.0 Å². The Labute approximate surface area is 318 Å². The first-order valence-corrected chi connectivity index (χ1v) is 19.0. The van der Waals surface area contributed by atoms with Crippen LogP contribution in [0.5, 0.6) is 11.5 Å². The lowest BCUT2D eigenvalue weighted by Gasteiger charge is -2.29. The van der Waals surface area contributed by atoms with Gasteiger partial charge < -0.3 is 19.1 Å². The van der Waals surface area contributed by atoms with Gasteiger partial charge in [-0.1, -0.05) is 61.5 Å². The van der Waals surface area contributed by atoms with Gasteiger partial charge in [-0.3, -0.25) is 19.7 Å². The molecule has 2 aliphatic heterocycles. The van der Waals surface area contributed by atoms with Gasteiger partial charge in [-0.15, -0.1) is 0 Å². The Balaban J connectivity index is 0.962. The molecule has 3 aromatic carbocycles. The van der Waals surface area contributed by atoms with Gasteiger partial charge in [0.15, 0.2) is 10.9 Å². The molecule has 1 atom stereocenters. The lowest BCUT2D eigenvalue weighted by Crippen LogP contribution is -2.52. The predicted molar refractivity (Wildman–Crippen MR) is 200 cm³/mol. The Bertz CT molecular complexity index is 2050. The Kier molecular flexibility index (Phi) is 12.0. The number of imide groups is 1. The number of benzene rings is 3. The lowest BCUT2D eigenvalue weighted by atomic mass is 9.77. The maximum atomic E-state index is 13.0. The summed E-state index contributed by atoms with van der Waals surface area (Å²) in [6, 6.07) is 20.7. The second-order valence-electron chi connectivity index (χ2n) is 13.4. The molecule has 1 aromatic heterocycles. The molecule has 53 heavy (non-hydrogen) atoms. The van der Waals surface area contributed by atoms with Crippen molar-refractivity contribution in [3.05, 3.63) is 111 Å². The molecule has 11 nitrogen and oxygen atoms in total. The molecule has 1 saturated heterocycles. The molecule has 0 radical (unpaired) electrons. The van der Waals surface area contributed by atoms with E-state index in [1.54, 1.807) is 11.1 Å². The fourth-order valence-electron chi connectivity index (χ4n) is 6.50. The summed E-state index contributed by atoms with van der Waals surface area (Å²) in [6.45, 7) is 5.88. The van der Waals surface area contributed by atoms with Gasteiger partial charge in [-0.25, -0.2) is 9.97 Å². The molecule has 3 amide bonds. The average Bonchev–Trinajstić information content (AvgIpc) is 3.48. The van der Waals surface area contributed by atoms with Crippen molar-refractivity contribution in [3.63, 3.8) is 0 Å². The normalized spacial score (nSPS) is 15.6. The largest absolute Gasteiger partial charge is 0.488 e. The lowest BCUT2D eigenvalue weighted by molar-refractivity contribution is -0.136. The number of carbonyl (C=O) groups excluding carboxylic acids is 3. The molecule has 0 aliphatic carbocycles. The number of aromatic nitrogens is 2. The zero-order chi connectivity index (χ0) is 37.5. The van der Waals surface area contributed by atoms with Crippen molar-refractivity contribution in [2.75, 3.05) is 26.1 Å². The molecular weight excluding hydrogens is 714 g/mol. The van der Waals surface area contributed by atoms with Gasteiger partial charge in [0.1, 0.15) is 31.1 Å². The third kappa shape index (κ3) is 8.82. The first-order chi connectivity index (χ1) is 25.6. The van der Waals surface area contributed by atoms with Gasteiger partial charge in [-0.05, 0) is 84.2 Å². The van der Waals surface area contributed by atoms with E-state index >= 15 is 0 Å². The highest BCUT2D eigenvalue weighted by Crippen LogP contribution is 2.39. The van der Waals surface area contributed by atoms with E-state index in [-0.39, 0.29) is 24.8 Å². The minimum atomic E-state index is -0.628. The molecule has 1 N–H and O–H groups in total. The second-order valence-corrected chi connectivity index (χ2v) is 14.6. The minimum Gasteiger partial charge on any atom is -0.488 e. The fraction of sp³-hybridized carbons (Fsp3) is 0.350. The summed E-state index contributed by atoms with van der Waals surface area (Å²) in [5.41, 5.74) is 5.15. The van der Waals surface area contributed by atoms with Crippen LogP contribution in [0, 0.1) is 11.3 Å². The number of aryl methyl sites for hydroxylation is 1. The number of rotatable bonds is 15. The summed E-state index contributed by atoms with van der Waals surface area (Å²) >= 11 is 8.18. The Morgan fingerprint density at radius 1 is 1.02 bits per heavy atom. The van der Waals surface area contributed by atoms with Crippen molar-refractivity contribution in [1.82, 2.24) is 20.2 Å². The highest BCUT2D eigenvalue weighted by Gasteiger charge is 2.39. The van der Waals surface area contributed by atoms with Crippen molar-refractivity contribution in [2.24, 2.45) is 0 Å². The first kappa shape index (κ1) is 37.8. The Morgan fingerprint density at radius 3 is 2.58 bits per heavy atom. The van der Waals surface area contributed by atoms with Gasteiger partial charge >= 0.3 is 0 Å². The Morgan fingerprint density at radius 2 is 1.83 bits per heavy atom. The number of nitrogens with zero attached hydrogens (tertiary/aromatic N) is 4. The number of ether oxygens (including phenoxy) is 3. The van der Waals surface area contributed by atoms with Crippen molar-refractivity contribution in [2.45, 2.75) is 69.3 Å². The smallest absolute Gasteiger partial charge is 0.255 e. The third-order valence-corrected chi connectivity index (χ3v) is 10.4. The summed E-state index contributed by atoms with van der Waals surface area (Å²) in [5, 5.41) is 13.4. The molecule has 4 aromatic rings. The van der Waals surface area contributed by atoms with Crippen LogP contribution >= 0.6 is 23.4 Å². The molecule has 274 valence electrons. The quantitative estimate of drug-likeness (QED) is 0.0626. The first-order valence-electron chi connectivity index (χ1n) is 17.4. The molecule has 1 fully saturated rings. The number of amides is 3. The van der Waals surface area contributed by atoms with Crippen LogP contribution in [0.4, 0.5) is 0 Å². The van der Waals surface area contributed by atoms with E-state index in [0.29, 0.717) is 59.8 Å². The van der Waals surface area contributed by atoms with Crippen LogP contribution in [0.3, 0.4) is 0 Å². The van der Waals surface area contributed by atoms with E-state index in [2.05, 4.69) is 35.2 Å². The van der Waals surface area contributed by atoms with E-state index in [1.807, 2.05) is 66.9 Å². The SMILES string of the molecule is CSc1nccc(COc2ccc(C(C)(C)c3cc(Cl)c(OCCOCCCc4ccc5c(c4)CN(C4CCC(=O)NC4=O)C5=O)c(C#N)c3)cc2)n1. The zero-order valence-corrected chi connectivity index (χ0v) is 31.4. The standard InChI is InChI=1S/C40H40ClN5O6S/c1-40(2,28-7-9-31(10-8-28)52-24-30-14-15-43-39(44-30)53-3)29-20-26(22-42)36(33(41)21-29)51-18-17-50-16-4-5-25-6-11-32-27(19-25)23-46(38(32)49)34-12-13-35(47)45-37(34)48/h6-11,14-15,19-21,34H,4-5,12-13,16-18,23-24H2,1-3H3,(H,45,47,48). The highest BCUT2D eigenvalue weighted by molar-refractivity contribution is 7.98. The molecule has 3 heterocycles. The van der Waals surface area contributed by atoms with Crippen molar-refractivity contribution in [3.8, 4) is 17.6 Å². The van der Waals surface area contributed by atoms with E-state index in [9.17, 15) is 19.6 Å². The van der Waals surface area contributed by atoms with Crippen molar-refractivity contribution < 1.29 is 28.6 Å². The third-order valence-electron chi connectivity index (χ3n) is 9.54. The minimum absolute atomic E-state index is 0.181. The van der Waals surface area contributed by atoms with Crippen LogP contribution in [0.25, 0.3) is 0 Å². The summed E-state index contributed by atoms with van der Waals surface area (Å²) < 4.78 is 17.7. The highest BCUT2D eigenvalue weighted by atomic mass is 35.5. The van der Waals surface area contributed by atoms with E-state index in [1.165, 1.54) is 11.8 Å². The molecule has 2 aliphatic rings. The number of hydrogen-bond donors (Lipinski definition) is 1. The molecule has 0 spiro atoms. The summed E-state index contributed by atoms with van der Waals surface area (Å²) in [5.74, 6) is 0.148. The number of nitriles is 1. The fourth-order valence-corrected chi connectivity index (χ4v) is 7.15. The van der Waals surface area contributed by atoms with Gasteiger partial charge in [-0.2, -0.15) is 5.26 Å². The number of hydrogen-bond acceptors (Lipinski definition) is 10. The number of fused-ring (bicyclic) bond motifs is 1. The molecule has 0 bridgehead atoms. The van der Waals surface area contributed by atoms with Gasteiger partial charge in [0, 0.05) is 36.7 Å². The summed E-state index contributed by atoms with van der Waals surface area (Å²) in [7, 11) is 0. The predicted octanol–water partition coefficient (Wildman–Crippen LogP) is 6.42. The van der Waals surface area contributed by atoms with Gasteiger partial charge in [0.25, 0.3) is 5.91 Å². The molecule has 6 rings (SSSR count). The molecule has 1 unspecified atom stereocenters. The second kappa shape index (κ2) is 16.8. The monoisotopic (exact) mass is 753 g/mol. The van der Waals surface area contributed by atoms with Crippen molar-refractivity contribution >= 4 is 41.1 Å². The maximum absolute atomic E-state index is 13.0. The maximum Gasteiger partial charge on any atom is 0.255 e. The topological polar surface area (TPSA) is 144 Å². The van der Waals surface area contributed by atoms with E-state index in [4.69, 9.17) is 25.8 Å². The van der Waals surface area contributed by atoms with Crippen molar-refractivity contribution in [1.29, 1.82) is 5.26 Å². The molecular formula is C40H40ClN5O6S. The molecule has 0 saturated carbocycles. The summed E-state index contributed by atoms with van der Waals surface area (Å²) in [6.07, 6.45) is 5.73.